The molecule has 10 heteroatoms. The van der Waals surface area contributed by atoms with Crippen molar-refractivity contribution in [3.05, 3.63) is 12.4 Å². The van der Waals surface area contributed by atoms with Gasteiger partial charge in [-0.05, 0) is 13.8 Å². The number of nitrogens with zero attached hydrogens (tertiary/aromatic N) is 4. The maximum Gasteiger partial charge on any atom is 0.321 e. The highest BCUT2D eigenvalue weighted by molar-refractivity contribution is 5.89. The number of hydrogen-bond acceptors (Lipinski definition) is 6. The minimum atomic E-state index is -0.503. The predicted molar refractivity (Wildman–Crippen MR) is 103 cm³/mol. The summed E-state index contributed by atoms with van der Waals surface area (Å²) in [5.41, 5.74) is 0.570. The first-order valence-corrected chi connectivity index (χ1v) is 10.2. The van der Waals surface area contributed by atoms with Gasteiger partial charge in [0.05, 0.1) is 37.3 Å². The lowest BCUT2D eigenvalue weighted by atomic mass is 10.0. The molecule has 3 aliphatic rings. The maximum absolute atomic E-state index is 12.6. The van der Waals surface area contributed by atoms with E-state index >= 15 is 0 Å². The van der Waals surface area contributed by atoms with Crippen molar-refractivity contribution in [2.24, 2.45) is 0 Å². The van der Waals surface area contributed by atoms with Gasteiger partial charge in [-0.15, -0.1) is 0 Å². The zero-order chi connectivity index (χ0) is 20.4. The molecule has 10 nitrogen and oxygen atoms in total. The average Bonchev–Trinajstić information content (AvgIpc) is 3.31. The van der Waals surface area contributed by atoms with Gasteiger partial charge in [0, 0.05) is 45.2 Å². The number of hydrogen-bond donors (Lipinski definition) is 1. The minimum Gasteiger partial charge on any atom is -0.372 e. The van der Waals surface area contributed by atoms with Crippen LogP contribution in [0.25, 0.3) is 0 Å². The standard InChI is InChI=1S/C19H29N5O5/c1-14-10-23(11-15(2)29-14)17(25)13-24-12-16(9-20-24)21-18(26)22-5-3-19(4-6-22)27-7-8-28-19/h9,12,14-15H,3-8,10-11,13H2,1-2H3,(H,21,26)/t14-,15-/m1/s1. The van der Waals surface area contributed by atoms with E-state index in [0.717, 1.165) is 0 Å². The van der Waals surface area contributed by atoms with Crippen LogP contribution in [0.2, 0.25) is 0 Å². The molecule has 2 atom stereocenters. The number of nitrogens with one attached hydrogen (secondary N) is 1. The summed E-state index contributed by atoms with van der Waals surface area (Å²) in [6.07, 6.45) is 4.63. The zero-order valence-electron chi connectivity index (χ0n) is 17.0. The molecular formula is C19H29N5O5. The number of ether oxygens (including phenoxy) is 3. The summed E-state index contributed by atoms with van der Waals surface area (Å²) in [7, 11) is 0. The Morgan fingerprint density at radius 1 is 1.14 bits per heavy atom. The van der Waals surface area contributed by atoms with Crippen molar-refractivity contribution in [2.45, 2.75) is 51.2 Å². The average molecular weight is 407 g/mol. The Balaban J connectivity index is 1.27. The lowest BCUT2D eigenvalue weighted by molar-refractivity contribution is -0.181. The van der Waals surface area contributed by atoms with Gasteiger partial charge in [0.1, 0.15) is 6.54 Å². The van der Waals surface area contributed by atoms with Gasteiger partial charge < -0.3 is 29.3 Å². The van der Waals surface area contributed by atoms with Crippen LogP contribution in [0.3, 0.4) is 0 Å². The minimum absolute atomic E-state index is 0.00845. The van der Waals surface area contributed by atoms with Crippen LogP contribution >= 0.6 is 0 Å². The van der Waals surface area contributed by atoms with Crippen LogP contribution in [-0.2, 0) is 25.5 Å². The van der Waals surface area contributed by atoms with Crippen molar-refractivity contribution in [3.63, 3.8) is 0 Å². The molecule has 0 radical (unpaired) electrons. The number of urea groups is 1. The highest BCUT2D eigenvalue weighted by Crippen LogP contribution is 2.31. The smallest absolute Gasteiger partial charge is 0.321 e. The number of anilines is 1. The number of rotatable bonds is 3. The van der Waals surface area contributed by atoms with Gasteiger partial charge in [-0.1, -0.05) is 0 Å². The molecule has 4 rings (SSSR count). The van der Waals surface area contributed by atoms with E-state index < -0.39 is 5.79 Å². The number of carbonyl (C=O) groups is 2. The summed E-state index contributed by atoms with van der Waals surface area (Å²) in [5, 5.41) is 7.06. The molecular weight excluding hydrogens is 378 g/mol. The molecule has 0 aromatic carbocycles. The fourth-order valence-electron chi connectivity index (χ4n) is 4.17. The molecule has 0 bridgehead atoms. The zero-order valence-corrected chi connectivity index (χ0v) is 17.0. The lowest BCUT2D eigenvalue weighted by Crippen LogP contribution is -2.49. The molecule has 160 valence electrons. The second-order valence-corrected chi connectivity index (χ2v) is 8.01. The highest BCUT2D eigenvalue weighted by Gasteiger charge is 2.40. The third-order valence-electron chi connectivity index (χ3n) is 5.58. The Hall–Kier alpha value is -2.17. The van der Waals surface area contributed by atoms with Crippen LogP contribution in [0.1, 0.15) is 26.7 Å². The molecule has 4 heterocycles. The van der Waals surface area contributed by atoms with E-state index in [4.69, 9.17) is 14.2 Å². The summed E-state index contributed by atoms with van der Waals surface area (Å²) >= 11 is 0. The van der Waals surface area contributed by atoms with Gasteiger partial charge >= 0.3 is 6.03 Å². The second-order valence-electron chi connectivity index (χ2n) is 8.01. The first kappa shape index (κ1) is 20.1. The fraction of sp³-hybridized carbons (Fsp3) is 0.737. The number of carbonyl (C=O) groups excluding carboxylic acids is 2. The van der Waals surface area contributed by atoms with E-state index in [1.807, 2.05) is 13.8 Å². The van der Waals surface area contributed by atoms with Gasteiger partial charge in [0.15, 0.2) is 5.79 Å². The molecule has 3 amide bonds. The molecule has 0 saturated carbocycles. The first-order chi connectivity index (χ1) is 13.9. The lowest BCUT2D eigenvalue weighted by Gasteiger charge is -2.37. The topological polar surface area (TPSA) is 98.2 Å². The summed E-state index contributed by atoms with van der Waals surface area (Å²) < 4.78 is 18.6. The number of likely N-dealkylation sites (tertiary alicyclic amines) is 1. The van der Waals surface area contributed by atoms with Crippen LogP contribution in [-0.4, -0.2) is 88.9 Å². The Morgan fingerprint density at radius 2 is 1.79 bits per heavy atom. The first-order valence-electron chi connectivity index (χ1n) is 10.2. The maximum atomic E-state index is 12.6. The van der Waals surface area contributed by atoms with Crippen molar-refractivity contribution in [3.8, 4) is 0 Å². The molecule has 1 aromatic rings. The van der Waals surface area contributed by atoms with Gasteiger partial charge in [-0.3, -0.25) is 9.48 Å². The summed E-state index contributed by atoms with van der Waals surface area (Å²) in [4.78, 5) is 28.6. The largest absolute Gasteiger partial charge is 0.372 e. The van der Waals surface area contributed by atoms with E-state index in [9.17, 15) is 9.59 Å². The number of morpholine rings is 1. The molecule has 0 unspecified atom stereocenters. The van der Waals surface area contributed by atoms with Crippen LogP contribution in [0.15, 0.2) is 12.4 Å². The molecule has 0 aliphatic carbocycles. The molecule has 3 fully saturated rings. The number of piperidine rings is 1. The van der Waals surface area contributed by atoms with Crippen molar-refractivity contribution >= 4 is 17.6 Å². The van der Waals surface area contributed by atoms with E-state index in [0.29, 0.717) is 57.9 Å². The van der Waals surface area contributed by atoms with Gasteiger partial charge in [0.25, 0.3) is 0 Å². The highest BCUT2D eigenvalue weighted by atomic mass is 16.7. The summed E-state index contributed by atoms with van der Waals surface area (Å²) in [6.45, 7) is 7.61. The third kappa shape index (κ3) is 4.71. The Labute approximate surface area is 170 Å². The Bertz CT molecular complexity index is 727. The molecule has 1 aromatic heterocycles. The fourth-order valence-corrected chi connectivity index (χ4v) is 4.17. The monoisotopic (exact) mass is 407 g/mol. The number of amides is 3. The van der Waals surface area contributed by atoms with Crippen LogP contribution in [0.4, 0.5) is 10.5 Å². The summed E-state index contributed by atoms with van der Waals surface area (Å²) in [5.74, 6) is -0.512. The quantitative estimate of drug-likeness (QED) is 0.799. The van der Waals surface area contributed by atoms with Crippen molar-refractivity contribution in [1.29, 1.82) is 0 Å². The van der Waals surface area contributed by atoms with Gasteiger partial charge in [-0.2, -0.15) is 5.10 Å². The molecule has 1 N–H and O–H groups in total. The van der Waals surface area contributed by atoms with Crippen molar-refractivity contribution in [1.82, 2.24) is 19.6 Å². The Kier molecular flexibility index (Phi) is 5.75. The van der Waals surface area contributed by atoms with E-state index in [2.05, 4.69) is 10.4 Å². The van der Waals surface area contributed by atoms with E-state index in [1.165, 1.54) is 0 Å². The molecule has 3 aliphatic heterocycles. The number of aromatic nitrogens is 2. The van der Waals surface area contributed by atoms with E-state index in [-0.39, 0.29) is 30.7 Å². The van der Waals surface area contributed by atoms with Gasteiger partial charge in [0.2, 0.25) is 5.91 Å². The van der Waals surface area contributed by atoms with Gasteiger partial charge in [-0.25, -0.2) is 4.79 Å². The Morgan fingerprint density at radius 3 is 2.45 bits per heavy atom. The van der Waals surface area contributed by atoms with Crippen molar-refractivity contribution < 1.29 is 23.8 Å². The third-order valence-corrected chi connectivity index (χ3v) is 5.58. The predicted octanol–water partition coefficient (Wildman–Crippen LogP) is 0.890. The normalized spacial score (nSPS) is 26.7. The van der Waals surface area contributed by atoms with E-state index in [1.54, 1.807) is 26.9 Å². The van der Waals surface area contributed by atoms with Crippen LogP contribution in [0.5, 0.6) is 0 Å². The second kappa shape index (κ2) is 8.29. The van der Waals surface area contributed by atoms with Crippen LogP contribution < -0.4 is 5.32 Å². The summed E-state index contributed by atoms with van der Waals surface area (Å²) in [6, 6.07) is -0.181. The molecule has 3 saturated heterocycles. The SMILES string of the molecule is C[C@@H]1CN(C(=O)Cn2cc(NC(=O)N3CCC4(CC3)OCCO4)cn2)C[C@@H](C)O1. The molecule has 1 spiro atoms. The van der Waals surface area contributed by atoms with Crippen LogP contribution in [0, 0.1) is 0 Å². The van der Waals surface area contributed by atoms with Crippen molar-refractivity contribution in [2.75, 3.05) is 44.7 Å². The molecule has 29 heavy (non-hydrogen) atoms.